The molecule has 0 aliphatic heterocycles. The first-order valence-electron chi connectivity index (χ1n) is 9.83. The zero-order chi connectivity index (χ0) is 18.0. The van der Waals surface area contributed by atoms with E-state index in [-0.39, 0.29) is 5.91 Å². The lowest BCUT2D eigenvalue weighted by molar-refractivity contribution is -0.129. The fourth-order valence-corrected chi connectivity index (χ4v) is 4.40. The van der Waals surface area contributed by atoms with Crippen LogP contribution in [0.25, 0.3) is 0 Å². The number of nitrogens with zero attached hydrogens (tertiary/aromatic N) is 5. The number of amides is 1. The first-order valence-corrected chi connectivity index (χ1v) is 9.83. The molecule has 25 heavy (non-hydrogen) atoms. The molecule has 1 amide bonds. The van der Waals surface area contributed by atoms with Crippen molar-refractivity contribution in [3.05, 3.63) is 5.82 Å². The fraction of sp³-hybridized carbons (Fsp3) is 0.842. The summed E-state index contributed by atoms with van der Waals surface area (Å²) in [5.41, 5.74) is 0. The molecule has 0 spiro atoms. The van der Waals surface area contributed by atoms with E-state index in [0.29, 0.717) is 18.5 Å². The Labute approximate surface area is 151 Å². The molecule has 0 saturated heterocycles. The number of anilines is 1. The Morgan fingerprint density at radius 2 is 1.80 bits per heavy atom. The SMILES string of the molecule is CC1CCCC(N(C)c2nnc(C3CCCC3)n2CC(=O)N(C)C)C1. The van der Waals surface area contributed by atoms with Crippen molar-refractivity contribution < 1.29 is 4.79 Å². The van der Waals surface area contributed by atoms with Crippen LogP contribution in [0.2, 0.25) is 0 Å². The molecule has 1 aromatic heterocycles. The van der Waals surface area contributed by atoms with Gasteiger partial charge in [-0.1, -0.05) is 32.6 Å². The van der Waals surface area contributed by atoms with E-state index in [0.717, 1.165) is 17.7 Å². The first kappa shape index (κ1) is 18.2. The van der Waals surface area contributed by atoms with Crippen molar-refractivity contribution in [2.45, 2.75) is 76.8 Å². The molecule has 0 N–H and O–H groups in total. The van der Waals surface area contributed by atoms with Crippen molar-refractivity contribution in [2.24, 2.45) is 5.92 Å². The van der Waals surface area contributed by atoms with Crippen LogP contribution in [-0.4, -0.2) is 52.8 Å². The second kappa shape index (κ2) is 7.75. The Morgan fingerprint density at radius 3 is 2.44 bits per heavy atom. The molecule has 2 atom stereocenters. The summed E-state index contributed by atoms with van der Waals surface area (Å²) in [5.74, 6) is 3.20. The Morgan fingerprint density at radius 1 is 1.08 bits per heavy atom. The number of carbonyl (C=O) groups is 1. The highest BCUT2D eigenvalue weighted by atomic mass is 16.2. The highest BCUT2D eigenvalue weighted by Gasteiger charge is 2.30. The van der Waals surface area contributed by atoms with Gasteiger partial charge in [-0.25, -0.2) is 0 Å². The fourth-order valence-electron chi connectivity index (χ4n) is 4.40. The largest absolute Gasteiger partial charge is 0.347 e. The molecule has 3 rings (SSSR count). The summed E-state index contributed by atoms with van der Waals surface area (Å²) in [4.78, 5) is 16.4. The van der Waals surface area contributed by atoms with Gasteiger partial charge < -0.3 is 9.80 Å². The second-order valence-electron chi connectivity index (χ2n) is 8.25. The summed E-state index contributed by atoms with van der Waals surface area (Å²) in [5, 5.41) is 9.09. The lowest BCUT2D eigenvalue weighted by Crippen LogP contribution is -2.38. The third kappa shape index (κ3) is 3.98. The van der Waals surface area contributed by atoms with Gasteiger partial charge in [-0.3, -0.25) is 9.36 Å². The van der Waals surface area contributed by atoms with Crippen molar-refractivity contribution in [2.75, 3.05) is 26.0 Å². The third-order valence-corrected chi connectivity index (χ3v) is 6.04. The number of aromatic nitrogens is 3. The van der Waals surface area contributed by atoms with E-state index in [9.17, 15) is 4.79 Å². The molecule has 1 heterocycles. The second-order valence-corrected chi connectivity index (χ2v) is 8.25. The summed E-state index contributed by atoms with van der Waals surface area (Å²) in [6.07, 6.45) is 9.84. The van der Waals surface area contributed by atoms with E-state index < -0.39 is 0 Å². The first-order chi connectivity index (χ1) is 12.0. The molecular weight excluding hydrogens is 314 g/mol. The summed E-state index contributed by atoms with van der Waals surface area (Å²) in [7, 11) is 5.75. The normalized spacial score (nSPS) is 24.5. The van der Waals surface area contributed by atoms with Gasteiger partial charge in [0.2, 0.25) is 11.9 Å². The summed E-state index contributed by atoms with van der Waals surface area (Å²) in [6.45, 7) is 2.68. The van der Waals surface area contributed by atoms with Crippen molar-refractivity contribution in [3.8, 4) is 0 Å². The van der Waals surface area contributed by atoms with Gasteiger partial charge in [0, 0.05) is 33.1 Å². The average molecular weight is 348 g/mol. The number of hydrogen-bond donors (Lipinski definition) is 0. The Kier molecular flexibility index (Phi) is 5.64. The zero-order valence-corrected chi connectivity index (χ0v) is 16.2. The number of rotatable bonds is 5. The van der Waals surface area contributed by atoms with Crippen LogP contribution in [0.5, 0.6) is 0 Å². The average Bonchev–Trinajstić information content (AvgIpc) is 3.23. The molecule has 6 nitrogen and oxygen atoms in total. The minimum absolute atomic E-state index is 0.103. The summed E-state index contributed by atoms with van der Waals surface area (Å²) < 4.78 is 2.09. The number of carbonyl (C=O) groups excluding carboxylic acids is 1. The Balaban J connectivity index is 1.87. The molecule has 2 saturated carbocycles. The molecular formula is C19H33N5O. The van der Waals surface area contributed by atoms with Gasteiger partial charge in [0.15, 0.2) is 0 Å². The van der Waals surface area contributed by atoms with Gasteiger partial charge in [0.05, 0.1) is 0 Å². The lowest BCUT2D eigenvalue weighted by atomic mass is 9.86. The predicted octanol–water partition coefficient (Wildman–Crippen LogP) is 3.04. The zero-order valence-electron chi connectivity index (χ0n) is 16.2. The maximum Gasteiger partial charge on any atom is 0.242 e. The van der Waals surface area contributed by atoms with Crippen molar-refractivity contribution >= 4 is 11.9 Å². The van der Waals surface area contributed by atoms with Crippen LogP contribution in [0.4, 0.5) is 5.95 Å². The van der Waals surface area contributed by atoms with E-state index in [4.69, 9.17) is 0 Å². The van der Waals surface area contributed by atoms with Gasteiger partial charge >= 0.3 is 0 Å². The van der Waals surface area contributed by atoms with Gasteiger partial charge in [-0.2, -0.15) is 0 Å². The van der Waals surface area contributed by atoms with E-state index >= 15 is 0 Å². The minimum atomic E-state index is 0.103. The maximum atomic E-state index is 12.4. The molecule has 0 aromatic carbocycles. The minimum Gasteiger partial charge on any atom is -0.347 e. The third-order valence-electron chi connectivity index (χ3n) is 6.04. The highest BCUT2D eigenvalue weighted by Crippen LogP contribution is 2.35. The van der Waals surface area contributed by atoms with Gasteiger partial charge in [0.25, 0.3) is 0 Å². The Hall–Kier alpha value is -1.59. The molecule has 2 fully saturated rings. The van der Waals surface area contributed by atoms with Crippen LogP contribution >= 0.6 is 0 Å². The van der Waals surface area contributed by atoms with Gasteiger partial charge in [-0.05, 0) is 31.6 Å². The van der Waals surface area contributed by atoms with Crippen LogP contribution in [-0.2, 0) is 11.3 Å². The van der Waals surface area contributed by atoms with E-state index in [1.807, 2.05) is 14.1 Å². The summed E-state index contributed by atoms with van der Waals surface area (Å²) in [6, 6.07) is 0.498. The molecule has 0 bridgehead atoms. The lowest BCUT2D eigenvalue weighted by Gasteiger charge is -2.34. The summed E-state index contributed by atoms with van der Waals surface area (Å²) >= 11 is 0. The van der Waals surface area contributed by atoms with Crippen molar-refractivity contribution in [1.82, 2.24) is 19.7 Å². The van der Waals surface area contributed by atoms with Gasteiger partial charge in [0.1, 0.15) is 12.4 Å². The van der Waals surface area contributed by atoms with E-state index in [1.165, 1.54) is 51.4 Å². The monoisotopic (exact) mass is 347 g/mol. The van der Waals surface area contributed by atoms with Crippen molar-refractivity contribution in [3.63, 3.8) is 0 Å². The van der Waals surface area contributed by atoms with E-state index in [2.05, 4.69) is 33.6 Å². The molecule has 140 valence electrons. The molecule has 6 heteroatoms. The molecule has 0 radical (unpaired) electrons. The topological polar surface area (TPSA) is 54.3 Å². The van der Waals surface area contributed by atoms with Crippen LogP contribution in [0, 0.1) is 5.92 Å². The molecule has 2 unspecified atom stereocenters. The maximum absolute atomic E-state index is 12.4. The van der Waals surface area contributed by atoms with Gasteiger partial charge in [-0.15, -0.1) is 10.2 Å². The quantitative estimate of drug-likeness (QED) is 0.821. The van der Waals surface area contributed by atoms with Crippen molar-refractivity contribution in [1.29, 1.82) is 0 Å². The molecule has 2 aliphatic rings. The van der Waals surface area contributed by atoms with Crippen LogP contribution in [0.15, 0.2) is 0 Å². The Bertz CT molecular complexity index is 591. The van der Waals surface area contributed by atoms with Crippen LogP contribution in [0.3, 0.4) is 0 Å². The smallest absolute Gasteiger partial charge is 0.242 e. The van der Waals surface area contributed by atoms with Crippen LogP contribution in [0.1, 0.15) is 70.0 Å². The van der Waals surface area contributed by atoms with E-state index in [1.54, 1.807) is 4.90 Å². The number of likely N-dealkylation sites (N-methyl/N-ethyl adjacent to an activating group) is 1. The molecule has 1 aromatic rings. The highest BCUT2D eigenvalue weighted by molar-refractivity contribution is 5.75. The van der Waals surface area contributed by atoms with Crippen LogP contribution < -0.4 is 4.90 Å². The number of hydrogen-bond acceptors (Lipinski definition) is 4. The molecule has 2 aliphatic carbocycles. The standard InChI is InChI=1S/C19H33N5O/c1-14-8-7-11-16(12-14)23(4)19-21-20-18(15-9-5-6-10-15)24(19)13-17(25)22(2)3/h14-16H,5-13H2,1-4H3. The predicted molar refractivity (Wildman–Crippen MR) is 99.7 cm³/mol.